The van der Waals surface area contributed by atoms with Gasteiger partial charge in [0.25, 0.3) is 0 Å². The molecule has 1 N–H and O–H groups in total. The van der Waals surface area contributed by atoms with E-state index in [4.69, 9.17) is 58.5 Å². The van der Waals surface area contributed by atoms with Gasteiger partial charge in [0.15, 0.2) is 0 Å². The van der Waals surface area contributed by atoms with Gasteiger partial charge in [0.2, 0.25) is 3.79 Å². The van der Waals surface area contributed by atoms with E-state index < -0.39 is 60.6 Å². The lowest BCUT2D eigenvalue weighted by Gasteiger charge is -2.45. The van der Waals surface area contributed by atoms with Gasteiger partial charge in [-0.3, -0.25) is 0 Å². The average molecular weight is 536 g/mol. The first-order valence-electron chi connectivity index (χ1n) is 10.1. The zero-order valence-electron chi connectivity index (χ0n) is 19.2. The molecule has 0 aliphatic carbocycles. The number of rotatable bonds is 11. The molecule has 0 aromatic rings. The van der Waals surface area contributed by atoms with E-state index in [0.29, 0.717) is 0 Å². The molecule has 0 radical (unpaired) electrons. The van der Waals surface area contributed by atoms with E-state index in [1.807, 2.05) is 0 Å². The van der Waals surface area contributed by atoms with Crippen molar-refractivity contribution in [2.24, 2.45) is 5.41 Å². The Bertz CT molecular complexity index is 662. The molecule has 0 spiro atoms. The number of methoxy groups -OCH3 is 1. The molecule has 8 nitrogen and oxygen atoms in total. The molecule has 0 saturated carbocycles. The molecule has 1 heterocycles. The van der Waals surface area contributed by atoms with E-state index in [9.17, 15) is 14.7 Å². The molecule has 5 atom stereocenters. The number of hydrogen-bond acceptors (Lipinski definition) is 8. The molecule has 0 unspecified atom stereocenters. The first-order chi connectivity index (χ1) is 14.5. The van der Waals surface area contributed by atoms with Gasteiger partial charge >= 0.3 is 12.3 Å². The van der Waals surface area contributed by atoms with E-state index in [1.54, 1.807) is 19.9 Å². The van der Waals surface area contributed by atoms with Crippen LogP contribution in [0.4, 0.5) is 9.59 Å². The van der Waals surface area contributed by atoms with Crippen molar-refractivity contribution in [3.05, 3.63) is 12.7 Å². The second kappa shape index (κ2) is 11.6. The fourth-order valence-corrected chi connectivity index (χ4v) is 5.84. The highest BCUT2D eigenvalue weighted by atomic mass is 35.6. The van der Waals surface area contributed by atoms with E-state index in [1.165, 1.54) is 7.11 Å². The second-order valence-corrected chi connectivity index (χ2v) is 17.3. The van der Waals surface area contributed by atoms with E-state index in [2.05, 4.69) is 26.2 Å². The highest BCUT2D eigenvalue weighted by molar-refractivity contribution is 6.78. The molecule has 1 aliphatic rings. The van der Waals surface area contributed by atoms with Crippen LogP contribution in [0.1, 0.15) is 20.3 Å². The third-order valence-corrected chi connectivity index (χ3v) is 8.37. The third-order valence-electron chi connectivity index (χ3n) is 5.47. The van der Waals surface area contributed by atoms with Gasteiger partial charge < -0.3 is 28.8 Å². The molecule has 1 fully saturated rings. The molecule has 0 amide bonds. The maximum absolute atomic E-state index is 12.3. The van der Waals surface area contributed by atoms with Crippen molar-refractivity contribution in [1.29, 1.82) is 0 Å². The molecule has 0 bridgehead atoms. The fourth-order valence-electron chi connectivity index (χ4n) is 3.77. The van der Waals surface area contributed by atoms with Crippen LogP contribution in [0.15, 0.2) is 12.7 Å². The quantitative estimate of drug-likeness (QED) is 0.169. The summed E-state index contributed by atoms with van der Waals surface area (Å²) in [6.07, 6.45) is -3.32. The number of hydrogen-bond donors (Lipinski definition) is 1. The van der Waals surface area contributed by atoms with Gasteiger partial charge in [-0.15, -0.1) is 6.58 Å². The molecule has 12 heteroatoms. The highest BCUT2D eigenvalue weighted by Crippen LogP contribution is 2.40. The maximum Gasteiger partial charge on any atom is 0.508 e. The van der Waals surface area contributed by atoms with Crippen LogP contribution in [0.2, 0.25) is 25.2 Å². The SMILES string of the molecule is C=C[C@@H]([C@H](O)[C@@H](OC)C(C)(C)[C@@H](C[C@H]1COC(=O)O1)OC(=O)OCC(Cl)(Cl)Cl)[Si](C)(C)C. The molecule has 186 valence electrons. The first-order valence-corrected chi connectivity index (χ1v) is 14.8. The zero-order valence-corrected chi connectivity index (χ0v) is 22.5. The molecule has 0 aromatic heterocycles. The van der Waals surface area contributed by atoms with E-state index in [0.717, 1.165) is 0 Å². The van der Waals surface area contributed by atoms with Crippen LogP contribution in [0.3, 0.4) is 0 Å². The van der Waals surface area contributed by atoms with Gasteiger partial charge in [0.1, 0.15) is 25.4 Å². The maximum atomic E-state index is 12.3. The Morgan fingerprint density at radius 1 is 1.34 bits per heavy atom. The standard InChI is InChI=1S/C20H33Cl3O8Si/c1-8-13(32(5,6)7)15(24)16(27-4)19(2,3)14(9-12-10-28-17(25)30-12)31-18(26)29-11-20(21,22)23/h8,12-16,24H,1,9-11H2,2-7H3/t12-,13-,14+,15-,16+/m0/s1. The van der Waals surface area contributed by atoms with Crippen LogP contribution in [0.25, 0.3) is 0 Å². The Hall–Kier alpha value is -0.713. The van der Waals surface area contributed by atoms with Crippen LogP contribution in [-0.2, 0) is 23.7 Å². The summed E-state index contributed by atoms with van der Waals surface area (Å²) < 4.78 is 24.3. The molecule has 1 saturated heterocycles. The lowest BCUT2D eigenvalue weighted by atomic mass is 9.75. The fraction of sp³-hybridized carbons (Fsp3) is 0.800. The van der Waals surface area contributed by atoms with Crippen molar-refractivity contribution < 1.29 is 38.4 Å². The lowest BCUT2D eigenvalue weighted by molar-refractivity contribution is -0.134. The summed E-state index contributed by atoms with van der Waals surface area (Å²) in [6.45, 7) is 13.3. The number of ether oxygens (including phenoxy) is 5. The minimum Gasteiger partial charge on any atom is -0.430 e. The van der Waals surface area contributed by atoms with Gasteiger partial charge in [-0.05, 0) is 5.54 Å². The number of alkyl halides is 3. The van der Waals surface area contributed by atoms with Crippen LogP contribution in [0.5, 0.6) is 0 Å². The van der Waals surface area contributed by atoms with Gasteiger partial charge in [0, 0.05) is 18.9 Å². The molecule has 1 aliphatic heterocycles. The van der Waals surface area contributed by atoms with Crippen molar-refractivity contribution in [3.63, 3.8) is 0 Å². The van der Waals surface area contributed by atoms with Crippen LogP contribution < -0.4 is 0 Å². The first kappa shape index (κ1) is 29.3. The van der Waals surface area contributed by atoms with Crippen molar-refractivity contribution in [1.82, 2.24) is 0 Å². The Labute approximate surface area is 205 Å². The summed E-state index contributed by atoms with van der Waals surface area (Å²) in [5, 5.41) is 11.2. The topological polar surface area (TPSA) is 101 Å². The van der Waals surface area contributed by atoms with Crippen molar-refractivity contribution in [2.45, 2.75) is 73.7 Å². The molecular weight excluding hydrogens is 503 g/mol. The van der Waals surface area contributed by atoms with E-state index >= 15 is 0 Å². The number of halogens is 3. The minimum atomic E-state index is -1.87. The highest BCUT2D eigenvalue weighted by Gasteiger charge is 2.49. The Morgan fingerprint density at radius 3 is 2.34 bits per heavy atom. The minimum absolute atomic E-state index is 0.00234. The molecule has 0 aromatic carbocycles. The predicted molar refractivity (Wildman–Crippen MR) is 125 cm³/mol. The summed E-state index contributed by atoms with van der Waals surface area (Å²) in [7, 11) is -0.398. The van der Waals surface area contributed by atoms with Crippen LogP contribution >= 0.6 is 34.8 Å². The number of aliphatic hydroxyl groups is 1. The Balaban J connectivity index is 3.17. The normalized spacial score (nSPS) is 21.1. The van der Waals surface area contributed by atoms with Crippen LogP contribution in [0, 0.1) is 5.41 Å². The third kappa shape index (κ3) is 8.57. The largest absolute Gasteiger partial charge is 0.508 e. The Morgan fingerprint density at radius 2 is 1.94 bits per heavy atom. The van der Waals surface area contributed by atoms with Crippen molar-refractivity contribution in [2.75, 3.05) is 20.3 Å². The Kier molecular flexibility index (Phi) is 10.6. The smallest absolute Gasteiger partial charge is 0.430 e. The van der Waals surface area contributed by atoms with E-state index in [-0.39, 0.29) is 18.6 Å². The summed E-state index contributed by atoms with van der Waals surface area (Å²) in [5.74, 6) is 0. The molecular formula is C20H33Cl3O8Si. The lowest BCUT2D eigenvalue weighted by Crippen LogP contribution is -2.54. The summed E-state index contributed by atoms with van der Waals surface area (Å²) in [6, 6.07) is 0. The number of carbonyl (C=O) groups is 2. The average Bonchev–Trinajstić information content (AvgIpc) is 3.03. The summed E-state index contributed by atoms with van der Waals surface area (Å²) >= 11 is 16.9. The van der Waals surface area contributed by atoms with Gasteiger partial charge in [-0.2, -0.15) is 0 Å². The monoisotopic (exact) mass is 534 g/mol. The second-order valence-electron chi connectivity index (χ2n) is 9.39. The summed E-state index contributed by atoms with van der Waals surface area (Å²) in [5.41, 5.74) is -1.15. The van der Waals surface area contributed by atoms with Gasteiger partial charge in [0.05, 0.1) is 20.3 Å². The molecule has 1 rings (SSSR count). The van der Waals surface area contributed by atoms with Crippen molar-refractivity contribution >= 4 is 55.2 Å². The zero-order chi connectivity index (χ0) is 24.9. The number of aliphatic hydroxyl groups excluding tert-OH is 1. The number of cyclic esters (lactones) is 2. The van der Waals surface area contributed by atoms with Gasteiger partial charge in [-0.1, -0.05) is 74.4 Å². The molecule has 32 heavy (non-hydrogen) atoms. The number of carbonyl (C=O) groups excluding carboxylic acids is 2. The van der Waals surface area contributed by atoms with Crippen molar-refractivity contribution in [3.8, 4) is 0 Å². The summed E-state index contributed by atoms with van der Waals surface area (Å²) in [4.78, 5) is 23.7. The predicted octanol–water partition coefficient (Wildman–Crippen LogP) is 5.10. The van der Waals surface area contributed by atoms with Gasteiger partial charge in [-0.25, -0.2) is 9.59 Å². The van der Waals surface area contributed by atoms with Crippen LogP contribution in [-0.4, -0.2) is 74.0 Å².